The lowest BCUT2D eigenvalue weighted by molar-refractivity contribution is 0.128. The molecule has 0 saturated carbocycles. The van der Waals surface area contributed by atoms with Crippen LogP contribution in [0.1, 0.15) is 26.1 Å². The van der Waals surface area contributed by atoms with E-state index in [0.29, 0.717) is 24.9 Å². The minimum atomic E-state index is 0.389. The summed E-state index contributed by atoms with van der Waals surface area (Å²) in [6, 6.07) is 1.85. The standard InChI is InChI=1S/C12H18N6O/c1-3-5-14-10-6-12(18-9-13-8-15-18)17-11(16-10)7-19-4-2/h6,8-9H,3-5,7H2,1-2H3,(H,14,16,17). The SMILES string of the molecule is CCCNc1cc(-n2cncn2)nc(COCC)n1. The summed E-state index contributed by atoms with van der Waals surface area (Å²) in [6.45, 7) is 5.93. The van der Waals surface area contributed by atoms with Crippen LogP contribution in [0.15, 0.2) is 18.7 Å². The van der Waals surface area contributed by atoms with Gasteiger partial charge >= 0.3 is 0 Å². The van der Waals surface area contributed by atoms with Crippen molar-refractivity contribution >= 4 is 5.82 Å². The Morgan fingerprint density at radius 1 is 1.32 bits per heavy atom. The predicted molar refractivity (Wildman–Crippen MR) is 71.1 cm³/mol. The highest BCUT2D eigenvalue weighted by molar-refractivity contribution is 5.41. The highest BCUT2D eigenvalue weighted by Crippen LogP contribution is 2.11. The molecule has 102 valence electrons. The lowest BCUT2D eigenvalue weighted by atomic mass is 10.4. The average molecular weight is 262 g/mol. The minimum absolute atomic E-state index is 0.389. The summed E-state index contributed by atoms with van der Waals surface area (Å²) in [6.07, 6.45) is 4.11. The lowest BCUT2D eigenvalue weighted by Gasteiger charge is -2.09. The Hall–Kier alpha value is -2.02. The van der Waals surface area contributed by atoms with Gasteiger partial charge in [0.25, 0.3) is 0 Å². The molecular formula is C12H18N6O. The van der Waals surface area contributed by atoms with E-state index in [1.165, 1.54) is 6.33 Å². The summed E-state index contributed by atoms with van der Waals surface area (Å²) in [5.74, 6) is 2.09. The Bertz CT molecular complexity index is 473. The van der Waals surface area contributed by atoms with Gasteiger partial charge in [0.1, 0.15) is 25.1 Å². The average Bonchev–Trinajstić information content (AvgIpc) is 2.97. The van der Waals surface area contributed by atoms with E-state index >= 15 is 0 Å². The summed E-state index contributed by atoms with van der Waals surface area (Å²) >= 11 is 0. The molecule has 0 amide bonds. The van der Waals surface area contributed by atoms with Crippen molar-refractivity contribution in [3.8, 4) is 5.82 Å². The van der Waals surface area contributed by atoms with Crippen LogP contribution in [0.25, 0.3) is 5.82 Å². The van der Waals surface area contributed by atoms with Crippen LogP contribution in [0.3, 0.4) is 0 Å². The molecule has 0 aliphatic rings. The van der Waals surface area contributed by atoms with Crippen LogP contribution >= 0.6 is 0 Å². The minimum Gasteiger partial charge on any atom is -0.374 e. The summed E-state index contributed by atoms with van der Waals surface area (Å²) in [7, 11) is 0. The number of rotatable bonds is 7. The Kier molecular flexibility index (Phi) is 4.79. The smallest absolute Gasteiger partial charge is 0.161 e. The molecule has 0 saturated heterocycles. The second-order valence-electron chi connectivity index (χ2n) is 3.93. The number of nitrogens with one attached hydrogen (secondary N) is 1. The van der Waals surface area contributed by atoms with E-state index in [4.69, 9.17) is 4.74 Å². The van der Waals surface area contributed by atoms with Crippen LogP contribution in [-0.4, -0.2) is 37.9 Å². The zero-order chi connectivity index (χ0) is 13.5. The third-order valence-electron chi connectivity index (χ3n) is 2.40. The van der Waals surface area contributed by atoms with E-state index < -0.39 is 0 Å². The van der Waals surface area contributed by atoms with Crippen molar-refractivity contribution in [2.45, 2.75) is 26.9 Å². The fourth-order valence-electron chi connectivity index (χ4n) is 1.53. The van der Waals surface area contributed by atoms with E-state index in [1.54, 1.807) is 11.0 Å². The molecule has 0 radical (unpaired) electrons. The van der Waals surface area contributed by atoms with Crippen molar-refractivity contribution in [3.63, 3.8) is 0 Å². The zero-order valence-electron chi connectivity index (χ0n) is 11.2. The van der Waals surface area contributed by atoms with E-state index in [9.17, 15) is 0 Å². The van der Waals surface area contributed by atoms with Gasteiger partial charge in [0.2, 0.25) is 0 Å². The molecule has 19 heavy (non-hydrogen) atoms. The number of ether oxygens (including phenoxy) is 1. The van der Waals surface area contributed by atoms with Gasteiger partial charge < -0.3 is 10.1 Å². The van der Waals surface area contributed by atoms with Gasteiger partial charge in [-0.25, -0.2) is 19.6 Å². The second kappa shape index (κ2) is 6.79. The first kappa shape index (κ1) is 13.4. The van der Waals surface area contributed by atoms with Crippen molar-refractivity contribution in [1.29, 1.82) is 0 Å². The van der Waals surface area contributed by atoms with Crippen LogP contribution in [0, 0.1) is 0 Å². The number of aromatic nitrogens is 5. The largest absolute Gasteiger partial charge is 0.374 e. The Labute approximate surface area is 112 Å². The maximum atomic E-state index is 5.35. The molecule has 0 aliphatic carbocycles. The maximum Gasteiger partial charge on any atom is 0.161 e. The highest BCUT2D eigenvalue weighted by Gasteiger charge is 2.06. The van der Waals surface area contributed by atoms with E-state index in [-0.39, 0.29) is 0 Å². The monoisotopic (exact) mass is 262 g/mol. The van der Waals surface area contributed by atoms with Crippen LogP contribution in [-0.2, 0) is 11.3 Å². The van der Waals surface area contributed by atoms with E-state index in [0.717, 1.165) is 18.8 Å². The molecule has 0 aliphatic heterocycles. The molecule has 7 heteroatoms. The first-order valence-electron chi connectivity index (χ1n) is 6.38. The van der Waals surface area contributed by atoms with Gasteiger partial charge in [-0.15, -0.1) is 0 Å². The summed E-state index contributed by atoms with van der Waals surface area (Å²) in [4.78, 5) is 12.7. The third-order valence-corrected chi connectivity index (χ3v) is 2.40. The fourth-order valence-corrected chi connectivity index (χ4v) is 1.53. The van der Waals surface area contributed by atoms with E-state index in [2.05, 4.69) is 32.3 Å². The zero-order valence-corrected chi connectivity index (χ0v) is 11.2. The molecule has 2 aromatic rings. The van der Waals surface area contributed by atoms with Gasteiger partial charge in [-0.3, -0.25) is 0 Å². The first-order chi connectivity index (χ1) is 9.33. The molecule has 0 aromatic carbocycles. The lowest BCUT2D eigenvalue weighted by Crippen LogP contribution is -2.10. The Morgan fingerprint density at radius 2 is 2.21 bits per heavy atom. The Morgan fingerprint density at radius 3 is 2.89 bits per heavy atom. The summed E-state index contributed by atoms with van der Waals surface area (Å²) < 4.78 is 6.96. The van der Waals surface area contributed by atoms with Gasteiger partial charge in [-0.1, -0.05) is 6.92 Å². The quantitative estimate of drug-likeness (QED) is 0.813. The van der Waals surface area contributed by atoms with Crippen molar-refractivity contribution < 1.29 is 4.74 Å². The van der Waals surface area contributed by atoms with E-state index in [1.807, 2.05) is 13.0 Å². The molecule has 0 atom stereocenters. The maximum absolute atomic E-state index is 5.35. The predicted octanol–water partition coefficient (Wildman–Crippen LogP) is 1.42. The first-order valence-corrected chi connectivity index (χ1v) is 6.38. The van der Waals surface area contributed by atoms with Crippen LogP contribution in [0.5, 0.6) is 0 Å². The highest BCUT2D eigenvalue weighted by atomic mass is 16.5. The molecule has 0 fully saturated rings. The van der Waals surface area contributed by atoms with Crippen LogP contribution in [0.4, 0.5) is 5.82 Å². The fraction of sp³-hybridized carbons (Fsp3) is 0.500. The summed E-state index contributed by atoms with van der Waals surface area (Å²) in [5.41, 5.74) is 0. The van der Waals surface area contributed by atoms with Gasteiger partial charge in [0, 0.05) is 19.2 Å². The van der Waals surface area contributed by atoms with Gasteiger partial charge in [0.15, 0.2) is 11.6 Å². The molecule has 1 N–H and O–H groups in total. The molecular weight excluding hydrogens is 244 g/mol. The number of nitrogens with zero attached hydrogens (tertiary/aromatic N) is 5. The number of anilines is 1. The normalized spacial score (nSPS) is 10.6. The van der Waals surface area contributed by atoms with Gasteiger partial charge in [-0.2, -0.15) is 5.10 Å². The molecule has 2 rings (SSSR count). The summed E-state index contributed by atoms with van der Waals surface area (Å²) in [5, 5.41) is 7.32. The second-order valence-corrected chi connectivity index (χ2v) is 3.93. The molecule has 2 aromatic heterocycles. The van der Waals surface area contributed by atoms with Crippen LogP contribution in [0.2, 0.25) is 0 Å². The van der Waals surface area contributed by atoms with Crippen molar-refractivity contribution in [2.75, 3.05) is 18.5 Å². The molecule has 7 nitrogen and oxygen atoms in total. The third kappa shape index (κ3) is 3.72. The molecule has 0 bridgehead atoms. The number of hydrogen-bond acceptors (Lipinski definition) is 6. The van der Waals surface area contributed by atoms with Crippen molar-refractivity contribution in [2.24, 2.45) is 0 Å². The topological polar surface area (TPSA) is 77.8 Å². The molecule has 2 heterocycles. The van der Waals surface area contributed by atoms with Crippen molar-refractivity contribution in [3.05, 3.63) is 24.5 Å². The van der Waals surface area contributed by atoms with Gasteiger partial charge in [-0.05, 0) is 13.3 Å². The Balaban J connectivity index is 2.25. The van der Waals surface area contributed by atoms with Crippen LogP contribution < -0.4 is 5.32 Å². The number of hydrogen-bond donors (Lipinski definition) is 1. The molecule has 0 spiro atoms. The molecule has 0 unspecified atom stereocenters. The van der Waals surface area contributed by atoms with Gasteiger partial charge in [0.05, 0.1) is 0 Å². The van der Waals surface area contributed by atoms with Crippen molar-refractivity contribution in [1.82, 2.24) is 24.7 Å².